The molecule has 1 fully saturated rings. The molecule has 4 aromatic heterocycles. The van der Waals surface area contributed by atoms with Gasteiger partial charge in [0, 0.05) is 49.2 Å². The van der Waals surface area contributed by atoms with Gasteiger partial charge in [0.05, 0.1) is 52.9 Å². The number of rotatable bonds is 7. The molecule has 2 N–H and O–H groups in total. The molecule has 5 heterocycles. The van der Waals surface area contributed by atoms with Crippen molar-refractivity contribution in [1.82, 2.24) is 34.9 Å². The first-order valence-electron chi connectivity index (χ1n) is 16.1. The zero-order valence-electron chi connectivity index (χ0n) is 28.3. The predicted octanol–water partition coefficient (Wildman–Crippen LogP) is 6.35. The van der Waals surface area contributed by atoms with Gasteiger partial charge >= 0.3 is 0 Å². The summed E-state index contributed by atoms with van der Waals surface area (Å²) < 4.78 is 32.6. The molecule has 1 aromatic carbocycles. The van der Waals surface area contributed by atoms with Crippen molar-refractivity contribution in [3.05, 3.63) is 81.9 Å². The maximum absolute atomic E-state index is 16.7. The number of benzene rings is 1. The molecule has 1 aliphatic rings. The molecule has 5 aromatic rings. The highest BCUT2D eigenvalue weighted by Crippen LogP contribution is 2.40. The first-order chi connectivity index (χ1) is 23.9. The highest BCUT2D eigenvalue weighted by atomic mass is 32.1. The highest BCUT2D eigenvalue weighted by molar-refractivity contribution is 7.71. The number of hydrogen-bond acceptors (Lipinski definition) is 8. The summed E-state index contributed by atoms with van der Waals surface area (Å²) in [4.78, 5) is 39.4. The minimum Gasteiger partial charge on any atom is -0.366 e. The number of nitriles is 1. The maximum atomic E-state index is 16.7. The van der Waals surface area contributed by atoms with Crippen molar-refractivity contribution >= 4 is 51.7 Å². The smallest absolute Gasteiger partial charge is 0.282 e. The Morgan fingerprint density at radius 3 is 2.62 bits per heavy atom. The molecule has 1 saturated heterocycles. The summed E-state index contributed by atoms with van der Waals surface area (Å²) >= 11 is 6.19. The number of nitrogens with zero attached hydrogens (tertiary/aromatic N) is 7. The van der Waals surface area contributed by atoms with E-state index in [1.165, 1.54) is 18.0 Å². The lowest BCUT2D eigenvalue weighted by Gasteiger charge is -2.42. The number of aromatic amines is 1. The first kappa shape index (κ1) is 34.3. The number of halogens is 2. The van der Waals surface area contributed by atoms with Gasteiger partial charge in [-0.15, -0.1) is 0 Å². The Morgan fingerprint density at radius 1 is 1.18 bits per heavy atom. The highest BCUT2D eigenvalue weighted by Gasteiger charge is 2.36. The number of aryl methyl sites for hydroxylation is 2. The fraction of sp³-hybridized carbons (Fsp3) is 0.306. The summed E-state index contributed by atoms with van der Waals surface area (Å²) in [5.41, 5.74) is 4.87. The molecule has 14 heteroatoms. The number of nitrogens with one attached hydrogen (secondary N) is 2. The number of aromatic nitrogens is 5. The SMILES string of the molecule is C=C(F)C(=O)N1CCN(c2c(C(=O)NC)c(=S)n(-c3c(C)ccnc3C(C)C)c3nc(-c4c(C)ccc5[nH]ncc45)c(F)cc23)C[C@@H]1CC#N. The van der Waals surface area contributed by atoms with E-state index >= 15 is 4.39 Å². The molecule has 0 spiro atoms. The molecule has 2 amide bonds. The first-order valence-corrected chi connectivity index (χ1v) is 16.5. The molecule has 0 unspecified atom stereocenters. The summed E-state index contributed by atoms with van der Waals surface area (Å²) in [6, 6.07) is 8.23. The van der Waals surface area contributed by atoms with Gasteiger partial charge in [-0.3, -0.25) is 24.2 Å². The van der Waals surface area contributed by atoms with E-state index in [1.807, 2.05) is 45.9 Å². The Hall–Kier alpha value is -5.55. The zero-order chi connectivity index (χ0) is 36.0. The molecular formula is C36H35F2N9O2S. The molecule has 0 saturated carbocycles. The molecule has 50 heavy (non-hydrogen) atoms. The number of hydrogen-bond donors (Lipinski definition) is 2. The van der Waals surface area contributed by atoms with Crippen LogP contribution in [0.1, 0.15) is 53.4 Å². The summed E-state index contributed by atoms with van der Waals surface area (Å²) in [5.74, 6) is -3.28. The molecule has 0 aliphatic carbocycles. The number of pyridine rings is 3. The van der Waals surface area contributed by atoms with Crippen LogP contribution in [0.4, 0.5) is 14.5 Å². The van der Waals surface area contributed by atoms with Gasteiger partial charge in [-0.25, -0.2) is 13.8 Å². The molecular weight excluding hydrogens is 661 g/mol. The number of fused-ring (bicyclic) bond motifs is 2. The minimum atomic E-state index is -1.14. The lowest BCUT2D eigenvalue weighted by Crippen LogP contribution is -2.55. The fourth-order valence-electron chi connectivity index (χ4n) is 6.80. The standard InChI is InChI=1S/C36H35F2N9O2S/c1-18(2)29-31(20(4)10-12-41-29)47-33-23(15-25(38)30(43-33)27-19(3)7-8-26-24(27)16-42-44-26)32(28(36(47)50)34(48)40-6)45-13-14-46(35(49)21(5)37)22(17-45)9-11-39/h7-8,10,12,15-16,18,22H,5,9,13-14,17H2,1-4,6H3,(H,40,48)(H,42,44)/t22-/m0/s1. The van der Waals surface area contributed by atoms with Gasteiger partial charge in [-0.2, -0.15) is 10.4 Å². The lowest BCUT2D eigenvalue weighted by molar-refractivity contribution is -0.131. The van der Waals surface area contributed by atoms with E-state index in [4.69, 9.17) is 17.2 Å². The summed E-state index contributed by atoms with van der Waals surface area (Å²) in [6.07, 6.45) is 3.21. The molecule has 256 valence electrons. The second-order valence-electron chi connectivity index (χ2n) is 12.6. The second kappa shape index (κ2) is 13.4. The van der Waals surface area contributed by atoms with Gasteiger partial charge in [-0.1, -0.05) is 38.7 Å². The average molecular weight is 696 g/mol. The number of amides is 2. The maximum Gasteiger partial charge on any atom is 0.282 e. The van der Waals surface area contributed by atoms with Crippen LogP contribution in [-0.4, -0.2) is 74.2 Å². The van der Waals surface area contributed by atoms with Crippen LogP contribution in [0.15, 0.2) is 49.1 Å². The van der Waals surface area contributed by atoms with E-state index in [9.17, 15) is 19.2 Å². The van der Waals surface area contributed by atoms with Gasteiger partial charge in [0.1, 0.15) is 21.8 Å². The number of H-pyrrole nitrogens is 1. The van der Waals surface area contributed by atoms with E-state index in [-0.39, 0.29) is 58.9 Å². The topological polar surface area (TPSA) is 136 Å². The third kappa shape index (κ3) is 5.67. The van der Waals surface area contributed by atoms with Crippen LogP contribution in [-0.2, 0) is 4.79 Å². The Balaban J connectivity index is 1.74. The number of carbonyl (C=O) groups is 2. The summed E-state index contributed by atoms with van der Waals surface area (Å²) in [5, 5.41) is 20.4. The Kier molecular flexibility index (Phi) is 9.19. The van der Waals surface area contributed by atoms with Crippen molar-refractivity contribution in [3.63, 3.8) is 0 Å². The molecule has 0 bridgehead atoms. The van der Waals surface area contributed by atoms with Crippen molar-refractivity contribution in [2.75, 3.05) is 31.6 Å². The van der Waals surface area contributed by atoms with Crippen LogP contribution in [0, 0.1) is 35.6 Å². The molecule has 1 aliphatic heterocycles. The third-order valence-corrected chi connectivity index (χ3v) is 9.53. The predicted molar refractivity (Wildman–Crippen MR) is 190 cm³/mol. The van der Waals surface area contributed by atoms with E-state index in [0.29, 0.717) is 33.5 Å². The van der Waals surface area contributed by atoms with Crippen molar-refractivity contribution < 1.29 is 18.4 Å². The van der Waals surface area contributed by atoms with Crippen molar-refractivity contribution in [3.8, 4) is 23.0 Å². The van der Waals surface area contributed by atoms with Crippen molar-refractivity contribution in [2.45, 2.75) is 46.1 Å². The van der Waals surface area contributed by atoms with Crippen LogP contribution in [0.2, 0.25) is 0 Å². The Labute approximate surface area is 292 Å². The Bertz CT molecular complexity index is 2330. The van der Waals surface area contributed by atoms with E-state index in [0.717, 1.165) is 11.1 Å². The van der Waals surface area contributed by atoms with Gasteiger partial charge < -0.3 is 15.1 Å². The van der Waals surface area contributed by atoms with Crippen molar-refractivity contribution in [2.24, 2.45) is 0 Å². The van der Waals surface area contributed by atoms with Crippen LogP contribution >= 0.6 is 12.2 Å². The molecule has 6 rings (SSSR count). The summed E-state index contributed by atoms with van der Waals surface area (Å²) in [6.45, 7) is 11.1. The van der Waals surface area contributed by atoms with Crippen LogP contribution in [0.5, 0.6) is 0 Å². The zero-order valence-corrected chi connectivity index (χ0v) is 29.1. The average Bonchev–Trinajstić information content (AvgIpc) is 3.56. The normalized spacial score (nSPS) is 14.7. The number of piperazine rings is 1. The fourth-order valence-corrected chi connectivity index (χ4v) is 7.16. The number of anilines is 1. The number of carbonyl (C=O) groups excluding carboxylic acids is 2. The molecule has 11 nitrogen and oxygen atoms in total. The van der Waals surface area contributed by atoms with E-state index in [2.05, 4.69) is 33.1 Å². The van der Waals surface area contributed by atoms with Crippen LogP contribution in [0.25, 0.3) is 38.9 Å². The molecule has 1 atom stereocenters. The van der Waals surface area contributed by atoms with Crippen molar-refractivity contribution in [1.29, 1.82) is 5.26 Å². The largest absolute Gasteiger partial charge is 0.366 e. The molecule has 0 radical (unpaired) electrons. The van der Waals surface area contributed by atoms with E-state index < -0.39 is 29.5 Å². The monoisotopic (exact) mass is 695 g/mol. The Morgan fingerprint density at radius 2 is 1.94 bits per heavy atom. The third-order valence-electron chi connectivity index (χ3n) is 9.14. The van der Waals surface area contributed by atoms with Crippen LogP contribution < -0.4 is 10.2 Å². The van der Waals surface area contributed by atoms with Gasteiger partial charge in [0.2, 0.25) is 0 Å². The van der Waals surface area contributed by atoms with Gasteiger partial charge in [-0.05, 0) is 49.1 Å². The second-order valence-corrected chi connectivity index (χ2v) is 13.0. The van der Waals surface area contributed by atoms with Gasteiger partial charge in [0.25, 0.3) is 11.8 Å². The lowest BCUT2D eigenvalue weighted by atomic mass is 9.98. The quantitative estimate of drug-likeness (QED) is 0.149. The summed E-state index contributed by atoms with van der Waals surface area (Å²) in [7, 11) is 1.47. The van der Waals surface area contributed by atoms with Gasteiger partial charge in [0.15, 0.2) is 5.83 Å². The van der Waals surface area contributed by atoms with Crippen LogP contribution in [0.3, 0.4) is 0 Å². The van der Waals surface area contributed by atoms with E-state index in [1.54, 1.807) is 21.9 Å². The minimum absolute atomic E-state index is 0.0132.